The molecule has 1 heterocycles. The first-order chi connectivity index (χ1) is 10.3. The van der Waals surface area contributed by atoms with Crippen molar-refractivity contribution < 1.29 is 4.79 Å². The molecular formula is C18H24N2O. The highest BCUT2D eigenvalue weighted by Crippen LogP contribution is 2.36. The van der Waals surface area contributed by atoms with Gasteiger partial charge in [0.1, 0.15) is 0 Å². The second kappa shape index (κ2) is 5.45. The molecule has 2 aliphatic carbocycles. The van der Waals surface area contributed by atoms with Crippen LogP contribution in [-0.2, 0) is 4.79 Å². The molecule has 3 aliphatic rings. The van der Waals surface area contributed by atoms with Crippen LogP contribution in [0.25, 0.3) is 0 Å². The molecule has 1 saturated heterocycles. The van der Waals surface area contributed by atoms with Gasteiger partial charge in [-0.25, -0.2) is 0 Å². The molecule has 2 saturated carbocycles. The van der Waals surface area contributed by atoms with Crippen LogP contribution < -0.4 is 0 Å². The zero-order valence-electron chi connectivity index (χ0n) is 12.6. The molecule has 21 heavy (non-hydrogen) atoms. The molecule has 1 aliphatic heterocycles. The van der Waals surface area contributed by atoms with Gasteiger partial charge in [0.05, 0.1) is 6.04 Å². The van der Waals surface area contributed by atoms with Gasteiger partial charge >= 0.3 is 0 Å². The molecule has 3 heteroatoms. The summed E-state index contributed by atoms with van der Waals surface area (Å²) in [5, 5.41) is 0. The molecule has 1 atom stereocenters. The van der Waals surface area contributed by atoms with Gasteiger partial charge in [0.2, 0.25) is 5.91 Å². The fourth-order valence-corrected chi connectivity index (χ4v) is 3.69. The Kier molecular flexibility index (Phi) is 3.46. The van der Waals surface area contributed by atoms with Gasteiger partial charge in [-0.15, -0.1) is 0 Å². The van der Waals surface area contributed by atoms with Crippen molar-refractivity contribution in [1.82, 2.24) is 9.80 Å². The van der Waals surface area contributed by atoms with E-state index < -0.39 is 0 Å². The first-order valence-electron chi connectivity index (χ1n) is 8.42. The molecule has 112 valence electrons. The van der Waals surface area contributed by atoms with Crippen molar-refractivity contribution in [3.05, 3.63) is 35.9 Å². The van der Waals surface area contributed by atoms with E-state index in [4.69, 9.17) is 0 Å². The highest BCUT2D eigenvalue weighted by Gasteiger charge is 2.40. The molecule has 0 radical (unpaired) electrons. The number of amides is 1. The monoisotopic (exact) mass is 284 g/mol. The van der Waals surface area contributed by atoms with Crippen molar-refractivity contribution >= 4 is 5.91 Å². The number of benzene rings is 1. The van der Waals surface area contributed by atoms with Gasteiger partial charge in [0, 0.05) is 31.6 Å². The van der Waals surface area contributed by atoms with E-state index >= 15 is 0 Å². The quantitative estimate of drug-likeness (QED) is 0.852. The first kappa shape index (κ1) is 13.3. The molecular weight excluding hydrogens is 260 g/mol. The van der Waals surface area contributed by atoms with Crippen molar-refractivity contribution in [2.75, 3.05) is 19.6 Å². The highest BCUT2D eigenvalue weighted by atomic mass is 16.2. The van der Waals surface area contributed by atoms with Gasteiger partial charge in [-0.3, -0.25) is 9.69 Å². The third kappa shape index (κ3) is 2.59. The minimum absolute atomic E-state index is 0.258. The van der Waals surface area contributed by atoms with Crippen LogP contribution in [-0.4, -0.2) is 41.4 Å². The zero-order chi connectivity index (χ0) is 14.2. The zero-order valence-corrected chi connectivity index (χ0v) is 12.6. The lowest BCUT2D eigenvalue weighted by Crippen LogP contribution is -2.53. The Morgan fingerprint density at radius 1 is 1.00 bits per heavy atom. The lowest BCUT2D eigenvalue weighted by atomic mass is 9.83. The summed E-state index contributed by atoms with van der Waals surface area (Å²) >= 11 is 0. The van der Waals surface area contributed by atoms with Gasteiger partial charge < -0.3 is 4.90 Å². The Morgan fingerprint density at radius 2 is 1.76 bits per heavy atom. The van der Waals surface area contributed by atoms with Gasteiger partial charge in [-0.1, -0.05) is 36.8 Å². The molecule has 0 aromatic heterocycles. The largest absolute Gasteiger partial charge is 0.333 e. The standard InChI is InChI=1S/C18H24N2O/c21-18(15-7-4-8-15)20-12-11-19(16-9-10-16)13-17(20)14-5-2-1-3-6-14/h1-3,5-6,15-17H,4,7-13H2. The number of carbonyl (C=O) groups excluding carboxylic acids is 1. The Hall–Kier alpha value is -1.35. The van der Waals surface area contributed by atoms with E-state index in [0.717, 1.165) is 38.5 Å². The molecule has 4 rings (SSSR count). The third-order valence-electron chi connectivity index (χ3n) is 5.40. The van der Waals surface area contributed by atoms with Gasteiger partial charge in [-0.2, -0.15) is 0 Å². The summed E-state index contributed by atoms with van der Waals surface area (Å²) in [5.74, 6) is 0.717. The van der Waals surface area contributed by atoms with E-state index in [0.29, 0.717) is 11.8 Å². The van der Waals surface area contributed by atoms with Crippen molar-refractivity contribution in [2.45, 2.75) is 44.2 Å². The van der Waals surface area contributed by atoms with Crippen molar-refractivity contribution in [3.63, 3.8) is 0 Å². The fraction of sp³-hybridized carbons (Fsp3) is 0.611. The molecule has 1 aromatic carbocycles. The maximum Gasteiger partial charge on any atom is 0.226 e. The number of piperazine rings is 1. The van der Waals surface area contributed by atoms with Crippen molar-refractivity contribution in [2.24, 2.45) is 5.92 Å². The average Bonchev–Trinajstić information content (AvgIpc) is 3.30. The SMILES string of the molecule is O=C(C1CCC1)N1CCN(C2CC2)CC1c1ccccc1. The van der Waals surface area contributed by atoms with Crippen LogP contribution in [0, 0.1) is 5.92 Å². The van der Waals surface area contributed by atoms with E-state index in [1.165, 1.54) is 24.8 Å². The summed E-state index contributed by atoms with van der Waals surface area (Å²) in [6.07, 6.45) is 6.12. The molecule has 1 unspecified atom stereocenters. The summed E-state index contributed by atoms with van der Waals surface area (Å²) in [4.78, 5) is 17.5. The number of nitrogens with zero attached hydrogens (tertiary/aromatic N) is 2. The Morgan fingerprint density at radius 3 is 2.38 bits per heavy atom. The molecule has 3 fully saturated rings. The molecule has 0 bridgehead atoms. The maximum absolute atomic E-state index is 12.8. The highest BCUT2D eigenvalue weighted by molar-refractivity contribution is 5.80. The van der Waals surface area contributed by atoms with Crippen LogP contribution in [0.2, 0.25) is 0 Å². The van der Waals surface area contributed by atoms with Crippen molar-refractivity contribution in [3.8, 4) is 0 Å². The topological polar surface area (TPSA) is 23.6 Å². The predicted molar refractivity (Wildman–Crippen MR) is 82.8 cm³/mol. The van der Waals surface area contributed by atoms with E-state index in [1.54, 1.807) is 0 Å². The molecule has 0 N–H and O–H groups in total. The third-order valence-corrected chi connectivity index (χ3v) is 5.40. The molecule has 0 spiro atoms. The van der Waals surface area contributed by atoms with Gasteiger partial charge in [-0.05, 0) is 31.2 Å². The van der Waals surface area contributed by atoms with Gasteiger partial charge in [0.15, 0.2) is 0 Å². The normalized spacial score (nSPS) is 27.4. The second-order valence-electron chi connectivity index (χ2n) is 6.81. The summed E-state index contributed by atoms with van der Waals surface area (Å²) in [5.41, 5.74) is 1.30. The minimum Gasteiger partial charge on any atom is -0.333 e. The summed E-state index contributed by atoms with van der Waals surface area (Å²) < 4.78 is 0. The predicted octanol–water partition coefficient (Wildman–Crippen LogP) is 2.83. The average molecular weight is 284 g/mol. The number of carbonyl (C=O) groups is 1. The maximum atomic E-state index is 12.8. The van der Waals surface area contributed by atoms with Crippen LogP contribution in [0.3, 0.4) is 0 Å². The number of hydrogen-bond acceptors (Lipinski definition) is 2. The van der Waals surface area contributed by atoms with Crippen LogP contribution in [0.4, 0.5) is 0 Å². The Balaban J connectivity index is 1.56. The summed E-state index contributed by atoms with van der Waals surface area (Å²) in [6.45, 7) is 2.99. The van der Waals surface area contributed by atoms with E-state index in [2.05, 4.69) is 40.1 Å². The smallest absolute Gasteiger partial charge is 0.226 e. The number of hydrogen-bond donors (Lipinski definition) is 0. The number of rotatable bonds is 3. The van der Waals surface area contributed by atoms with Crippen LogP contribution >= 0.6 is 0 Å². The Labute approximate surface area is 126 Å². The Bertz CT molecular complexity index is 507. The van der Waals surface area contributed by atoms with E-state index in [1.807, 2.05) is 0 Å². The molecule has 1 aromatic rings. The second-order valence-corrected chi connectivity index (χ2v) is 6.81. The van der Waals surface area contributed by atoms with E-state index in [-0.39, 0.29) is 6.04 Å². The van der Waals surface area contributed by atoms with Gasteiger partial charge in [0.25, 0.3) is 0 Å². The van der Waals surface area contributed by atoms with Crippen LogP contribution in [0.15, 0.2) is 30.3 Å². The lowest BCUT2D eigenvalue weighted by Gasteiger charge is -2.44. The van der Waals surface area contributed by atoms with Crippen LogP contribution in [0.1, 0.15) is 43.7 Å². The fourth-order valence-electron chi connectivity index (χ4n) is 3.69. The molecule has 3 nitrogen and oxygen atoms in total. The lowest BCUT2D eigenvalue weighted by molar-refractivity contribution is -0.143. The van der Waals surface area contributed by atoms with Crippen molar-refractivity contribution in [1.29, 1.82) is 0 Å². The minimum atomic E-state index is 0.258. The summed E-state index contributed by atoms with van der Waals surface area (Å²) in [6, 6.07) is 11.7. The summed E-state index contributed by atoms with van der Waals surface area (Å²) in [7, 11) is 0. The molecule has 1 amide bonds. The first-order valence-corrected chi connectivity index (χ1v) is 8.42. The van der Waals surface area contributed by atoms with E-state index in [9.17, 15) is 4.79 Å². The van der Waals surface area contributed by atoms with Crippen LogP contribution in [0.5, 0.6) is 0 Å².